The average Bonchev–Trinajstić information content (AvgIpc) is 2.58. The Kier molecular flexibility index (Phi) is 7.56. The molecule has 1 heterocycles. The van der Waals surface area contributed by atoms with Crippen molar-refractivity contribution in [1.29, 1.82) is 0 Å². The van der Waals surface area contributed by atoms with E-state index in [-0.39, 0.29) is 11.3 Å². The lowest BCUT2D eigenvalue weighted by Gasteiger charge is -2.34. The van der Waals surface area contributed by atoms with Crippen molar-refractivity contribution < 1.29 is 9.53 Å². The van der Waals surface area contributed by atoms with Gasteiger partial charge in [-0.3, -0.25) is 4.79 Å². The maximum Gasteiger partial charge on any atom is 0.220 e. The molecule has 0 saturated carbocycles. The smallest absolute Gasteiger partial charge is 0.220 e. The van der Waals surface area contributed by atoms with Gasteiger partial charge >= 0.3 is 0 Å². The van der Waals surface area contributed by atoms with Gasteiger partial charge in [-0.25, -0.2) is 0 Å². The fourth-order valence-corrected chi connectivity index (χ4v) is 2.88. The molecule has 4 heteroatoms. The molecule has 1 aliphatic heterocycles. The van der Waals surface area contributed by atoms with Crippen LogP contribution in [0, 0.1) is 5.41 Å². The average molecular weight is 318 g/mol. The van der Waals surface area contributed by atoms with E-state index in [2.05, 4.69) is 29.7 Å². The van der Waals surface area contributed by atoms with Crippen LogP contribution >= 0.6 is 0 Å². The van der Waals surface area contributed by atoms with Gasteiger partial charge in [0.25, 0.3) is 0 Å². The number of amides is 1. The molecule has 1 aromatic carbocycles. The quantitative estimate of drug-likeness (QED) is 0.688. The maximum absolute atomic E-state index is 11.9. The van der Waals surface area contributed by atoms with Crippen molar-refractivity contribution in [3.05, 3.63) is 35.9 Å². The Hall–Kier alpha value is -1.39. The van der Waals surface area contributed by atoms with Crippen LogP contribution in [0.3, 0.4) is 0 Å². The molecule has 0 unspecified atom stereocenters. The Labute approximate surface area is 140 Å². The normalized spacial score (nSPS) is 16.9. The molecule has 2 rings (SSSR count). The van der Waals surface area contributed by atoms with Crippen LogP contribution in [0.1, 0.15) is 38.2 Å². The third kappa shape index (κ3) is 7.14. The number of benzene rings is 1. The molecule has 0 atom stereocenters. The van der Waals surface area contributed by atoms with E-state index in [1.54, 1.807) is 0 Å². The number of carbonyl (C=O) groups is 1. The van der Waals surface area contributed by atoms with Gasteiger partial charge in [0.1, 0.15) is 0 Å². The third-order valence-corrected chi connectivity index (χ3v) is 4.59. The second kappa shape index (κ2) is 9.68. The van der Waals surface area contributed by atoms with Gasteiger partial charge in [0.15, 0.2) is 0 Å². The van der Waals surface area contributed by atoms with Crippen LogP contribution in [0.5, 0.6) is 0 Å². The third-order valence-electron chi connectivity index (χ3n) is 4.59. The van der Waals surface area contributed by atoms with E-state index in [1.807, 2.05) is 18.2 Å². The Bertz CT molecular complexity index is 456. The maximum atomic E-state index is 11.9. The van der Waals surface area contributed by atoms with Crippen molar-refractivity contribution in [3.8, 4) is 0 Å². The molecule has 1 amide bonds. The molecule has 0 spiro atoms. The highest BCUT2D eigenvalue weighted by atomic mass is 16.5. The van der Waals surface area contributed by atoms with Crippen molar-refractivity contribution >= 4 is 5.91 Å². The van der Waals surface area contributed by atoms with Crippen molar-refractivity contribution in [3.63, 3.8) is 0 Å². The summed E-state index contributed by atoms with van der Waals surface area (Å²) in [6.07, 6.45) is 4.55. The minimum Gasteiger partial charge on any atom is -0.381 e. The van der Waals surface area contributed by atoms with Gasteiger partial charge in [0.05, 0.1) is 6.61 Å². The summed E-state index contributed by atoms with van der Waals surface area (Å²) in [6.45, 7) is 6.55. The molecule has 1 fully saturated rings. The first-order valence-electron chi connectivity index (χ1n) is 8.77. The van der Waals surface area contributed by atoms with Crippen LogP contribution in [-0.4, -0.2) is 38.8 Å². The number of carbonyl (C=O) groups excluding carboxylic acids is 1. The number of ether oxygens (including phenoxy) is 1. The SMILES string of the molecule is CC1(CNC(=O)CCCOCCc2ccccc2)CCNCC1. The Morgan fingerprint density at radius 1 is 1.22 bits per heavy atom. The highest BCUT2D eigenvalue weighted by molar-refractivity contribution is 5.75. The summed E-state index contributed by atoms with van der Waals surface area (Å²) in [5.41, 5.74) is 1.55. The lowest BCUT2D eigenvalue weighted by Crippen LogP contribution is -2.42. The second-order valence-corrected chi connectivity index (χ2v) is 6.79. The largest absolute Gasteiger partial charge is 0.381 e. The summed E-state index contributed by atoms with van der Waals surface area (Å²) in [6, 6.07) is 10.3. The van der Waals surface area contributed by atoms with Crippen LogP contribution in [0.25, 0.3) is 0 Å². The summed E-state index contributed by atoms with van der Waals surface area (Å²) in [7, 11) is 0. The number of hydrogen-bond donors (Lipinski definition) is 2. The number of hydrogen-bond acceptors (Lipinski definition) is 3. The second-order valence-electron chi connectivity index (χ2n) is 6.79. The molecule has 1 aromatic rings. The lowest BCUT2D eigenvalue weighted by molar-refractivity contribution is -0.122. The zero-order valence-electron chi connectivity index (χ0n) is 14.3. The predicted molar refractivity (Wildman–Crippen MR) is 93.4 cm³/mol. The predicted octanol–water partition coefficient (Wildman–Crippen LogP) is 2.53. The standard InChI is InChI=1S/C19H30N2O2/c1-19(10-12-20-13-11-19)16-21-18(22)8-5-14-23-15-9-17-6-3-2-4-7-17/h2-4,6-7,20H,5,8-16H2,1H3,(H,21,22). The van der Waals surface area contributed by atoms with E-state index in [4.69, 9.17) is 4.74 Å². The van der Waals surface area contributed by atoms with Crippen molar-refractivity contribution in [2.75, 3.05) is 32.8 Å². The van der Waals surface area contributed by atoms with Crippen LogP contribution < -0.4 is 10.6 Å². The summed E-state index contributed by atoms with van der Waals surface area (Å²) in [5.74, 6) is 0.149. The molecule has 1 saturated heterocycles. The fourth-order valence-electron chi connectivity index (χ4n) is 2.88. The van der Waals surface area contributed by atoms with E-state index in [9.17, 15) is 4.79 Å². The number of rotatable bonds is 9. The topological polar surface area (TPSA) is 50.4 Å². The van der Waals surface area contributed by atoms with E-state index < -0.39 is 0 Å². The van der Waals surface area contributed by atoms with Gasteiger partial charge < -0.3 is 15.4 Å². The van der Waals surface area contributed by atoms with E-state index in [0.29, 0.717) is 13.0 Å². The molecule has 128 valence electrons. The monoisotopic (exact) mass is 318 g/mol. The van der Waals surface area contributed by atoms with E-state index in [1.165, 1.54) is 5.56 Å². The zero-order chi connectivity index (χ0) is 16.4. The molecule has 0 aromatic heterocycles. The molecule has 0 bridgehead atoms. The van der Waals surface area contributed by atoms with Gasteiger partial charge in [-0.1, -0.05) is 37.3 Å². The van der Waals surface area contributed by atoms with Crippen LogP contribution in [0.2, 0.25) is 0 Å². The molecule has 4 nitrogen and oxygen atoms in total. The van der Waals surface area contributed by atoms with E-state index in [0.717, 1.165) is 51.9 Å². The first kappa shape index (κ1) is 18.0. The molecule has 2 N–H and O–H groups in total. The van der Waals surface area contributed by atoms with Gasteiger partial charge in [0, 0.05) is 19.6 Å². The zero-order valence-corrected chi connectivity index (χ0v) is 14.3. The summed E-state index contributed by atoms with van der Waals surface area (Å²) >= 11 is 0. The van der Waals surface area contributed by atoms with Gasteiger partial charge in [0.2, 0.25) is 5.91 Å². The summed E-state index contributed by atoms with van der Waals surface area (Å²) in [4.78, 5) is 11.9. The van der Waals surface area contributed by atoms with Crippen LogP contribution in [0.15, 0.2) is 30.3 Å². The summed E-state index contributed by atoms with van der Waals surface area (Å²) < 4.78 is 5.61. The molecule has 23 heavy (non-hydrogen) atoms. The van der Waals surface area contributed by atoms with Crippen molar-refractivity contribution in [2.24, 2.45) is 5.41 Å². The van der Waals surface area contributed by atoms with Gasteiger partial charge in [-0.15, -0.1) is 0 Å². The van der Waals surface area contributed by atoms with Crippen molar-refractivity contribution in [2.45, 2.75) is 39.0 Å². The Morgan fingerprint density at radius 2 is 1.96 bits per heavy atom. The lowest BCUT2D eigenvalue weighted by atomic mass is 9.81. The Balaban J connectivity index is 1.48. The number of nitrogens with one attached hydrogen (secondary N) is 2. The molecule has 0 aliphatic carbocycles. The van der Waals surface area contributed by atoms with Gasteiger partial charge in [-0.2, -0.15) is 0 Å². The highest BCUT2D eigenvalue weighted by Crippen LogP contribution is 2.26. The highest BCUT2D eigenvalue weighted by Gasteiger charge is 2.26. The molecular weight excluding hydrogens is 288 g/mol. The van der Waals surface area contributed by atoms with Gasteiger partial charge in [-0.05, 0) is 49.8 Å². The van der Waals surface area contributed by atoms with Crippen molar-refractivity contribution in [1.82, 2.24) is 10.6 Å². The minimum absolute atomic E-state index is 0.149. The molecule has 0 radical (unpaired) electrons. The van der Waals surface area contributed by atoms with Crippen LogP contribution in [-0.2, 0) is 16.0 Å². The Morgan fingerprint density at radius 3 is 2.70 bits per heavy atom. The first-order chi connectivity index (χ1) is 11.2. The fraction of sp³-hybridized carbons (Fsp3) is 0.632. The minimum atomic E-state index is 0.149. The molecule has 1 aliphatic rings. The first-order valence-corrected chi connectivity index (χ1v) is 8.77. The van der Waals surface area contributed by atoms with Crippen LogP contribution in [0.4, 0.5) is 0 Å². The van der Waals surface area contributed by atoms with E-state index >= 15 is 0 Å². The summed E-state index contributed by atoms with van der Waals surface area (Å²) in [5, 5.41) is 6.45. The number of piperidine rings is 1. The molecular formula is C19H30N2O2.